The van der Waals surface area contributed by atoms with E-state index in [9.17, 15) is 0 Å². The van der Waals surface area contributed by atoms with Crippen molar-refractivity contribution in [3.05, 3.63) is 106 Å². The van der Waals surface area contributed by atoms with Gasteiger partial charge in [-0.1, -0.05) is 6.07 Å². The quantitative estimate of drug-likeness (QED) is 0.614. The summed E-state index contributed by atoms with van der Waals surface area (Å²) in [6.07, 6.45) is 17.9. The van der Waals surface area contributed by atoms with Gasteiger partial charge in [-0.3, -0.25) is 0 Å². The lowest BCUT2D eigenvalue weighted by atomic mass is 10.2. The Hall–Kier alpha value is -4.45. The number of hydrogen-bond acceptors (Lipinski definition) is 4. The fourth-order valence-electron chi connectivity index (χ4n) is 3.70. The highest BCUT2D eigenvalue weighted by Gasteiger charge is 2.10. The summed E-state index contributed by atoms with van der Waals surface area (Å²) in [6, 6.07) is 12.0. The first-order valence-corrected chi connectivity index (χ1v) is 10.0. The number of fused-ring (bicyclic) bond motifs is 6. The monoisotopic (exact) mass is 402 g/mol. The number of aliphatic imine (C=N–C) groups is 2. The zero-order chi connectivity index (χ0) is 20.6. The number of H-pyrrole nitrogens is 2. The number of allylic oxidation sites excluding steroid dienone is 5. The van der Waals surface area contributed by atoms with Gasteiger partial charge in [0.1, 0.15) is 11.6 Å². The molecule has 6 heterocycles. The van der Waals surface area contributed by atoms with Crippen LogP contribution < -0.4 is 16.0 Å². The fraction of sp³-hybridized carbons (Fsp3) is 0. The van der Waals surface area contributed by atoms with Crippen LogP contribution in [0.4, 0.5) is 11.6 Å². The maximum atomic E-state index is 4.70. The van der Waals surface area contributed by atoms with Gasteiger partial charge in [0, 0.05) is 28.2 Å². The Bertz CT molecular complexity index is 1490. The number of aromatic nitrogens is 3. The summed E-state index contributed by atoms with van der Waals surface area (Å²) in [5.74, 6) is 1.65. The summed E-state index contributed by atoms with van der Waals surface area (Å²) in [7, 11) is 0. The van der Waals surface area contributed by atoms with Crippen molar-refractivity contribution in [1.82, 2.24) is 15.0 Å². The van der Waals surface area contributed by atoms with Crippen LogP contribution in [0.1, 0.15) is 11.3 Å². The van der Waals surface area contributed by atoms with Crippen molar-refractivity contribution < 1.29 is 0 Å². The maximum Gasteiger partial charge on any atom is 0.131 e. The molecule has 31 heavy (non-hydrogen) atoms. The molecule has 3 aliphatic heterocycles. The molecule has 148 valence electrons. The normalized spacial score (nSPS) is 16.1. The van der Waals surface area contributed by atoms with E-state index in [2.05, 4.69) is 49.5 Å². The summed E-state index contributed by atoms with van der Waals surface area (Å²) < 4.78 is 0. The summed E-state index contributed by atoms with van der Waals surface area (Å²) >= 11 is 0. The number of hydrogen-bond donors (Lipinski definition) is 3. The van der Waals surface area contributed by atoms with E-state index < -0.39 is 0 Å². The molecule has 3 aliphatic rings. The first-order chi connectivity index (χ1) is 15.3. The van der Waals surface area contributed by atoms with Gasteiger partial charge in [0.25, 0.3) is 0 Å². The zero-order valence-corrected chi connectivity index (χ0v) is 16.5. The number of nitrogens with zero attached hydrogens (tertiary/aromatic N) is 3. The Balaban J connectivity index is 1.52. The van der Waals surface area contributed by atoms with E-state index in [1.54, 1.807) is 6.20 Å². The molecule has 0 radical (unpaired) electrons. The largest absolute Gasteiger partial charge is 0.355 e. The van der Waals surface area contributed by atoms with Crippen LogP contribution in [0.5, 0.6) is 0 Å². The van der Waals surface area contributed by atoms with Crippen molar-refractivity contribution in [3.8, 4) is 0 Å². The van der Waals surface area contributed by atoms with E-state index in [1.165, 1.54) is 0 Å². The van der Waals surface area contributed by atoms with Gasteiger partial charge in [-0.15, -0.1) is 0 Å². The highest BCUT2D eigenvalue weighted by atomic mass is 15.1. The van der Waals surface area contributed by atoms with Crippen molar-refractivity contribution in [2.45, 2.75) is 0 Å². The highest BCUT2D eigenvalue weighted by molar-refractivity contribution is 6.19. The van der Waals surface area contributed by atoms with Crippen LogP contribution in [0, 0.1) is 0 Å². The van der Waals surface area contributed by atoms with Gasteiger partial charge in [0.2, 0.25) is 0 Å². The topological polar surface area (TPSA) is 81.2 Å². The molecule has 0 fully saturated rings. The van der Waals surface area contributed by atoms with E-state index in [0.29, 0.717) is 0 Å². The van der Waals surface area contributed by atoms with Crippen molar-refractivity contribution in [2.24, 2.45) is 9.98 Å². The third kappa shape index (κ3) is 3.62. The third-order valence-electron chi connectivity index (χ3n) is 5.10. The molecule has 0 aliphatic carbocycles. The van der Waals surface area contributed by atoms with Gasteiger partial charge in [0.15, 0.2) is 0 Å². The molecule has 3 aromatic rings. The van der Waals surface area contributed by atoms with Gasteiger partial charge >= 0.3 is 0 Å². The van der Waals surface area contributed by atoms with E-state index in [4.69, 9.17) is 4.99 Å². The number of nitrogens with one attached hydrogen (secondary N) is 3. The number of aromatic amines is 2. The van der Waals surface area contributed by atoms with Crippen LogP contribution in [0.2, 0.25) is 0 Å². The molecule has 0 saturated heterocycles. The maximum absolute atomic E-state index is 4.70. The Kier molecular flexibility index (Phi) is 3.99. The molecule has 0 aromatic carbocycles. The molecule has 0 unspecified atom stereocenters. The average molecular weight is 402 g/mol. The van der Waals surface area contributed by atoms with Crippen molar-refractivity contribution >= 4 is 41.3 Å². The first-order valence-electron chi connectivity index (χ1n) is 10.0. The Morgan fingerprint density at radius 1 is 0.710 bits per heavy atom. The number of anilines is 2. The molecular formula is C25H18N6. The molecule has 0 amide bonds. The van der Waals surface area contributed by atoms with E-state index in [-0.39, 0.29) is 0 Å². The van der Waals surface area contributed by atoms with Crippen molar-refractivity contribution in [2.75, 3.05) is 5.32 Å². The highest BCUT2D eigenvalue weighted by Crippen LogP contribution is 2.24. The molecule has 0 saturated carbocycles. The van der Waals surface area contributed by atoms with E-state index in [0.717, 1.165) is 56.4 Å². The summed E-state index contributed by atoms with van der Waals surface area (Å²) in [6.45, 7) is 0. The van der Waals surface area contributed by atoms with Crippen LogP contribution in [0.15, 0.2) is 94.4 Å². The molecule has 6 rings (SSSR count). The lowest BCUT2D eigenvalue weighted by Crippen LogP contribution is -2.11. The fourth-order valence-corrected chi connectivity index (χ4v) is 3.70. The minimum Gasteiger partial charge on any atom is -0.355 e. The number of rotatable bonds is 2. The average Bonchev–Trinajstić information content (AvgIpc) is 3.55. The van der Waals surface area contributed by atoms with E-state index >= 15 is 0 Å². The van der Waals surface area contributed by atoms with Crippen LogP contribution in [0.25, 0.3) is 18.2 Å². The van der Waals surface area contributed by atoms with Crippen LogP contribution in [0.3, 0.4) is 0 Å². The minimum absolute atomic E-state index is 0.776. The minimum atomic E-state index is 0.776. The van der Waals surface area contributed by atoms with Crippen molar-refractivity contribution in [1.29, 1.82) is 0 Å². The van der Waals surface area contributed by atoms with E-state index in [1.807, 2.05) is 60.7 Å². The van der Waals surface area contributed by atoms with Crippen molar-refractivity contribution in [3.63, 3.8) is 0 Å². The first kappa shape index (κ1) is 17.4. The second-order valence-electron chi connectivity index (χ2n) is 7.43. The Labute approximate surface area is 178 Å². The van der Waals surface area contributed by atoms with Gasteiger partial charge in [-0.05, 0) is 78.9 Å². The third-order valence-corrected chi connectivity index (χ3v) is 5.10. The molecule has 0 spiro atoms. The molecule has 3 aromatic heterocycles. The smallest absolute Gasteiger partial charge is 0.131 e. The number of pyridine rings is 1. The van der Waals surface area contributed by atoms with Crippen LogP contribution in [-0.4, -0.2) is 26.4 Å². The molecular weight excluding hydrogens is 384 g/mol. The summed E-state index contributed by atoms with van der Waals surface area (Å²) in [4.78, 5) is 20.6. The van der Waals surface area contributed by atoms with Gasteiger partial charge in [-0.25, -0.2) is 15.0 Å². The second-order valence-corrected chi connectivity index (χ2v) is 7.43. The van der Waals surface area contributed by atoms with Gasteiger partial charge in [0.05, 0.1) is 22.8 Å². The second kappa shape index (κ2) is 7.11. The van der Waals surface area contributed by atoms with Gasteiger partial charge in [-0.2, -0.15) is 0 Å². The van der Waals surface area contributed by atoms with Gasteiger partial charge < -0.3 is 15.3 Å². The van der Waals surface area contributed by atoms with Crippen LogP contribution >= 0.6 is 0 Å². The molecule has 3 N–H and O–H groups in total. The molecule has 6 heteroatoms. The van der Waals surface area contributed by atoms with Crippen LogP contribution in [-0.2, 0) is 0 Å². The predicted molar refractivity (Wildman–Crippen MR) is 126 cm³/mol. The summed E-state index contributed by atoms with van der Waals surface area (Å²) in [5.41, 5.74) is 5.54. The zero-order valence-electron chi connectivity index (χ0n) is 16.5. The summed E-state index contributed by atoms with van der Waals surface area (Å²) in [5, 5.41) is 5.38. The standard InChI is InChI=1S/C25H18N6/c1-2-10-26-24(3-1)31-25-16-11-17-4-5-18(27-17)13-19-6-7-20(28-19)14-21-8-9-22(29-21)15-23(12-16)30-25/h1-15,27,30H,(H,26,31). The SMILES string of the molecule is C1=CC2=NC1=Cc1cc(c(Nc3ccccn3)[nH]1)C=c1ccc([nH]1)=CC1=NC(=C2)C=C1. The molecule has 6 nitrogen and oxygen atoms in total. The lowest BCUT2D eigenvalue weighted by molar-refractivity contribution is 1.26. The Morgan fingerprint density at radius 3 is 2.29 bits per heavy atom. The Morgan fingerprint density at radius 2 is 1.48 bits per heavy atom. The lowest BCUT2D eigenvalue weighted by Gasteiger charge is -2.04. The predicted octanol–water partition coefficient (Wildman–Crippen LogP) is 3.35. The molecule has 0 atom stereocenters. The molecule has 8 bridgehead atoms.